The molecule has 0 bridgehead atoms. The molecule has 0 aliphatic carbocycles. The van der Waals surface area contributed by atoms with Crippen molar-refractivity contribution < 1.29 is 19.6 Å². The zero-order valence-electron chi connectivity index (χ0n) is 17.3. The number of hydrazone groups is 1. The predicted octanol–water partition coefficient (Wildman–Crippen LogP) is 4.80. The summed E-state index contributed by atoms with van der Waals surface area (Å²) in [5, 5.41) is 26.5. The molecule has 0 spiro atoms. The second-order valence-electron chi connectivity index (χ2n) is 7.20. The molecule has 0 aliphatic heterocycles. The van der Waals surface area contributed by atoms with Gasteiger partial charge in [-0.1, -0.05) is 24.3 Å². The molecule has 33 heavy (non-hydrogen) atoms. The van der Waals surface area contributed by atoms with Gasteiger partial charge >= 0.3 is 0 Å². The minimum Gasteiger partial charge on any atom is -0.507 e. The zero-order valence-corrected chi connectivity index (χ0v) is 17.3. The average Bonchev–Trinajstić information content (AvgIpc) is 2.83. The molecule has 164 valence electrons. The number of rotatable bonds is 7. The van der Waals surface area contributed by atoms with Crippen LogP contribution in [0.3, 0.4) is 0 Å². The third-order valence-corrected chi connectivity index (χ3v) is 4.92. The number of nitrogens with zero attached hydrogens (tertiary/aromatic N) is 2. The van der Waals surface area contributed by atoms with Gasteiger partial charge in [-0.2, -0.15) is 5.10 Å². The molecule has 8 heteroatoms. The SMILES string of the molecule is O=C(N/N=C\c1ccc(OCc2ccc([N+](=O)[O-])cc2)cc1)c1cc2ccccc2cc1O. The van der Waals surface area contributed by atoms with Crippen LogP contribution >= 0.6 is 0 Å². The lowest BCUT2D eigenvalue weighted by Gasteiger charge is -2.07. The predicted molar refractivity (Wildman–Crippen MR) is 125 cm³/mol. The molecule has 4 aromatic carbocycles. The van der Waals surface area contributed by atoms with Crippen LogP contribution in [0.1, 0.15) is 21.5 Å². The maximum absolute atomic E-state index is 12.4. The van der Waals surface area contributed by atoms with E-state index in [1.165, 1.54) is 18.3 Å². The van der Waals surface area contributed by atoms with Gasteiger partial charge in [0.2, 0.25) is 0 Å². The molecule has 0 saturated carbocycles. The Hall–Kier alpha value is -4.72. The summed E-state index contributed by atoms with van der Waals surface area (Å²) < 4.78 is 5.68. The molecule has 8 nitrogen and oxygen atoms in total. The van der Waals surface area contributed by atoms with Gasteiger partial charge in [0.1, 0.15) is 18.1 Å². The van der Waals surface area contributed by atoms with E-state index in [-0.39, 0.29) is 23.6 Å². The number of amides is 1. The lowest BCUT2D eigenvalue weighted by Crippen LogP contribution is -2.17. The summed E-state index contributed by atoms with van der Waals surface area (Å²) in [7, 11) is 0. The van der Waals surface area contributed by atoms with Gasteiger partial charge in [-0.15, -0.1) is 0 Å². The van der Waals surface area contributed by atoms with Crippen molar-refractivity contribution in [1.82, 2.24) is 5.43 Å². The number of hydrogen-bond acceptors (Lipinski definition) is 6. The number of ether oxygens (including phenoxy) is 1. The first kappa shape index (κ1) is 21.5. The summed E-state index contributed by atoms with van der Waals surface area (Å²) in [6, 6.07) is 23.8. The Morgan fingerprint density at radius 2 is 1.67 bits per heavy atom. The van der Waals surface area contributed by atoms with Crippen molar-refractivity contribution in [3.8, 4) is 11.5 Å². The van der Waals surface area contributed by atoms with Gasteiger partial charge in [-0.25, -0.2) is 5.43 Å². The van der Waals surface area contributed by atoms with Crippen molar-refractivity contribution in [2.75, 3.05) is 0 Å². The van der Waals surface area contributed by atoms with E-state index in [0.29, 0.717) is 5.75 Å². The maximum atomic E-state index is 12.4. The van der Waals surface area contributed by atoms with Crippen LogP contribution in [-0.2, 0) is 6.61 Å². The first-order valence-corrected chi connectivity index (χ1v) is 10.0. The second kappa shape index (κ2) is 9.61. The van der Waals surface area contributed by atoms with Crippen LogP contribution in [0.4, 0.5) is 5.69 Å². The van der Waals surface area contributed by atoms with E-state index in [1.807, 2.05) is 24.3 Å². The van der Waals surface area contributed by atoms with E-state index in [2.05, 4.69) is 10.5 Å². The van der Waals surface area contributed by atoms with Gasteiger partial charge in [0.15, 0.2) is 0 Å². The molecule has 4 aromatic rings. The summed E-state index contributed by atoms with van der Waals surface area (Å²) in [6.07, 6.45) is 1.48. The number of fused-ring (bicyclic) bond motifs is 1. The number of nitro groups is 1. The molecule has 0 fully saturated rings. The molecule has 0 aliphatic rings. The van der Waals surface area contributed by atoms with Crippen LogP contribution in [0.25, 0.3) is 10.8 Å². The molecule has 2 N–H and O–H groups in total. The number of nitrogens with one attached hydrogen (secondary N) is 1. The van der Waals surface area contributed by atoms with Crippen LogP contribution in [0.5, 0.6) is 11.5 Å². The number of carbonyl (C=O) groups is 1. The van der Waals surface area contributed by atoms with Crippen molar-refractivity contribution in [3.63, 3.8) is 0 Å². The lowest BCUT2D eigenvalue weighted by atomic mass is 10.1. The monoisotopic (exact) mass is 441 g/mol. The number of nitro benzene ring substituents is 1. The van der Waals surface area contributed by atoms with Gasteiger partial charge in [-0.05, 0) is 70.4 Å². The highest BCUT2D eigenvalue weighted by Gasteiger charge is 2.11. The van der Waals surface area contributed by atoms with Crippen molar-refractivity contribution in [1.29, 1.82) is 0 Å². The Bertz CT molecular complexity index is 1330. The number of non-ortho nitro benzene ring substituents is 1. The van der Waals surface area contributed by atoms with Gasteiger partial charge in [0, 0.05) is 12.1 Å². The van der Waals surface area contributed by atoms with E-state index in [1.54, 1.807) is 48.5 Å². The lowest BCUT2D eigenvalue weighted by molar-refractivity contribution is -0.384. The minimum absolute atomic E-state index is 0.0327. The van der Waals surface area contributed by atoms with Gasteiger partial charge in [0.05, 0.1) is 16.7 Å². The number of aromatic hydroxyl groups is 1. The molecule has 0 saturated heterocycles. The summed E-state index contributed by atoms with van der Waals surface area (Å²) in [5.74, 6) is -0.0101. The highest BCUT2D eigenvalue weighted by Crippen LogP contribution is 2.25. The van der Waals surface area contributed by atoms with Gasteiger partial charge < -0.3 is 9.84 Å². The molecule has 0 unspecified atom stereocenters. The van der Waals surface area contributed by atoms with Crippen molar-refractivity contribution in [2.24, 2.45) is 5.10 Å². The van der Waals surface area contributed by atoms with Gasteiger partial charge in [0.25, 0.3) is 11.6 Å². The fourth-order valence-corrected chi connectivity index (χ4v) is 3.17. The fourth-order valence-electron chi connectivity index (χ4n) is 3.17. The summed E-state index contributed by atoms with van der Waals surface area (Å²) in [4.78, 5) is 22.6. The van der Waals surface area contributed by atoms with E-state index in [0.717, 1.165) is 21.9 Å². The van der Waals surface area contributed by atoms with Crippen molar-refractivity contribution in [3.05, 3.63) is 112 Å². The number of benzene rings is 4. The van der Waals surface area contributed by atoms with Crippen molar-refractivity contribution in [2.45, 2.75) is 6.61 Å². The van der Waals surface area contributed by atoms with Crippen LogP contribution in [0.2, 0.25) is 0 Å². The second-order valence-corrected chi connectivity index (χ2v) is 7.20. The Labute approximate surface area is 188 Å². The first-order valence-electron chi connectivity index (χ1n) is 10.0. The Morgan fingerprint density at radius 1 is 1.00 bits per heavy atom. The number of phenolic OH excluding ortho intramolecular Hbond substituents is 1. The highest BCUT2D eigenvalue weighted by atomic mass is 16.6. The topological polar surface area (TPSA) is 114 Å². The smallest absolute Gasteiger partial charge is 0.275 e. The summed E-state index contributed by atoms with van der Waals surface area (Å²) in [5.41, 5.74) is 4.14. The van der Waals surface area contributed by atoms with Crippen LogP contribution in [-0.4, -0.2) is 22.2 Å². The molecule has 4 rings (SSSR count). The normalized spacial score (nSPS) is 10.9. The molecular formula is C25H19N3O5. The number of hydrogen-bond donors (Lipinski definition) is 2. The molecule has 0 aromatic heterocycles. The standard InChI is InChI=1S/C25H19N3O5/c29-24-14-20-4-2-1-3-19(20)13-23(24)25(30)27-26-15-17-7-11-22(12-8-17)33-16-18-5-9-21(10-6-18)28(31)32/h1-15,29H,16H2,(H,27,30)/b26-15-. The van der Waals surface area contributed by atoms with Gasteiger partial charge in [-0.3, -0.25) is 14.9 Å². The van der Waals surface area contributed by atoms with E-state index in [4.69, 9.17) is 4.74 Å². The van der Waals surface area contributed by atoms with Crippen molar-refractivity contribution >= 4 is 28.6 Å². The fraction of sp³-hybridized carbons (Fsp3) is 0.0400. The average molecular weight is 441 g/mol. The maximum Gasteiger partial charge on any atom is 0.275 e. The Balaban J connectivity index is 1.33. The quantitative estimate of drug-likeness (QED) is 0.243. The van der Waals surface area contributed by atoms with Crippen LogP contribution in [0.15, 0.2) is 90.0 Å². The molecule has 0 atom stereocenters. The molecule has 1 amide bonds. The molecular weight excluding hydrogens is 422 g/mol. The third kappa shape index (κ3) is 5.31. The van der Waals surface area contributed by atoms with E-state index in [9.17, 15) is 20.0 Å². The Kier molecular flexibility index (Phi) is 6.26. The number of phenols is 1. The van der Waals surface area contributed by atoms with Crippen LogP contribution in [0, 0.1) is 10.1 Å². The third-order valence-electron chi connectivity index (χ3n) is 4.92. The molecule has 0 heterocycles. The zero-order chi connectivity index (χ0) is 23.2. The minimum atomic E-state index is -0.516. The Morgan fingerprint density at radius 3 is 2.33 bits per heavy atom. The summed E-state index contributed by atoms with van der Waals surface area (Å²) in [6.45, 7) is 0.275. The summed E-state index contributed by atoms with van der Waals surface area (Å²) >= 11 is 0. The molecule has 0 radical (unpaired) electrons. The highest BCUT2D eigenvalue weighted by molar-refractivity contribution is 6.01. The largest absolute Gasteiger partial charge is 0.507 e. The van der Waals surface area contributed by atoms with Crippen LogP contribution < -0.4 is 10.2 Å². The number of carbonyl (C=O) groups excluding carboxylic acids is 1. The van der Waals surface area contributed by atoms with E-state index >= 15 is 0 Å². The van der Waals surface area contributed by atoms with E-state index < -0.39 is 10.8 Å². The first-order chi connectivity index (χ1) is 16.0.